The predicted molar refractivity (Wildman–Crippen MR) is 77.2 cm³/mol. The highest BCUT2D eigenvalue weighted by molar-refractivity contribution is 4.87. The van der Waals surface area contributed by atoms with Gasteiger partial charge in [0.2, 0.25) is 0 Å². The zero-order valence-electron chi connectivity index (χ0n) is 12.1. The van der Waals surface area contributed by atoms with Crippen LogP contribution in [0.15, 0.2) is 0 Å². The molecule has 0 aromatic rings. The molecule has 0 aromatic heterocycles. The molecule has 1 fully saturated rings. The molecular formula is C16H33N. The molecule has 0 radical (unpaired) electrons. The minimum atomic E-state index is 0.191. The molecule has 0 aromatic carbocycles. The lowest BCUT2D eigenvalue weighted by atomic mass is 9.85. The van der Waals surface area contributed by atoms with E-state index < -0.39 is 0 Å². The molecule has 0 bridgehead atoms. The molecule has 0 amide bonds. The summed E-state index contributed by atoms with van der Waals surface area (Å²) in [5.41, 5.74) is 6.79. The zero-order chi connectivity index (χ0) is 12.6. The number of hydrogen-bond donors (Lipinski definition) is 1. The number of nitrogens with two attached hydrogens (primary N) is 1. The van der Waals surface area contributed by atoms with Crippen molar-refractivity contribution in [2.24, 2.45) is 11.7 Å². The van der Waals surface area contributed by atoms with Gasteiger partial charge in [0.25, 0.3) is 0 Å². The Morgan fingerprint density at radius 1 is 1.00 bits per heavy atom. The largest absolute Gasteiger partial charge is 0.325 e. The minimum absolute atomic E-state index is 0.191. The summed E-state index contributed by atoms with van der Waals surface area (Å²) in [5, 5.41) is 0. The quantitative estimate of drug-likeness (QED) is 0.489. The van der Waals surface area contributed by atoms with Gasteiger partial charge in [-0.3, -0.25) is 0 Å². The maximum atomic E-state index is 6.60. The van der Waals surface area contributed by atoms with Gasteiger partial charge in [-0.1, -0.05) is 65.2 Å². The van der Waals surface area contributed by atoms with Crippen LogP contribution in [0.3, 0.4) is 0 Å². The molecular weight excluding hydrogens is 206 g/mol. The van der Waals surface area contributed by atoms with Gasteiger partial charge in [-0.2, -0.15) is 0 Å². The third-order valence-electron chi connectivity index (χ3n) is 4.56. The molecule has 2 unspecified atom stereocenters. The zero-order valence-corrected chi connectivity index (χ0v) is 12.1. The summed E-state index contributed by atoms with van der Waals surface area (Å²) in [6.07, 6.45) is 16.2. The number of hydrogen-bond acceptors (Lipinski definition) is 1. The Labute approximate surface area is 109 Å². The lowest BCUT2D eigenvalue weighted by Gasteiger charge is -2.28. The van der Waals surface area contributed by atoms with E-state index in [4.69, 9.17) is 5.73 Å². The van der Waals surface area contributed by atoms with Gasteiger partial charge in [0.15, 0.2) is 0 Å². The van der Waals surface area contributed by atoms with Crippen molar-refractivity contribution < 1.29 is 0 Å². The average Bonchev–Trinajstić information content (AvgIpc) is 2.49. The summed E-state index contributed by atoms with van der Waals surface area (Å²) in [6, 6.07) is 0. The van der Waals surface area contributed by atoms with E-state index in [1.54, 1.807) is 0 Å². The summed E-state index contributed by atoms with van der Waals surface area (Å²) in [7, 11) is 0. The summed E-state index contributed by atoms with van der Waals surface area (Å²) in [4.78, 5) is 0. The summed E-state index contributed by atoms with van der Waals surface area (Å²) in [5.74, 6) is 0.973. The van der Waals surface area contributed by atoms with E-state index in [1.165, 1.54) is 77.0 Å². The second-order valence-electron chi connectivity index (χ2n) is 6.26. The molecule has 102 valence electrons. The van der Waals surface area contributed by atoms with Crippen LogP contribution in [0.5, 0.6) is 0 Å². The van der Waals surface area contributed by atoms with E-state index in [-0.39, 0.29) is 5.54 Å². The minimum Gasteiger partial charge on any atom is -0.325 e. The van der Waals surface area contributed by atoms with Crippen LogP contribution >= 0.6 is 0 Å². The van der Waals surface area contributed by atoms with Crippen molar-refractivity contribution in [3.63, 3.8) is 0 Å². The molecule has 0 aliphatic heterocycles. The molecule has 1 nitrogen and oxygen atoms in total. The van der Waals surface area contributed by atoms with Crippen LogP contribution in [0.25, 0.3) is 0 Å². The second-order valence-corrected chi connectivity index (χ2v) is 6.26. The lowest BCUT2D eigenvalue weighted by molar-refractivity contribution is 0.323. The Balaban J connectivity index is 2.27. The van der Waals surface area contributed by atoms with Gasteiger partial charge >= 0.3 is 0 Å². The molecule has 1 aliphatic rings. The van der Waals surface area contributed by atoms with E-state index in [9.17, 15) is 0 Å². The van der Waals surface area contributed by atoms with Gasteiger partial charge in [0.05, 0.1) is 0 Å². The van der Waals surface area contributed by atoms with Crippen LogP contribution in [-0.4, -0.2) is 5.54 Å². The van der Waals surface area contributed by atoms with Crippen LogP contribution in [0.4, 0.5) is 0 Å². The van der Waals surface area contributed by atoms with Crippen LogP contribution in [0, 0.1) is 5.92 Å². The fourth-order valence-electron chi connectivity index (χ4n) is 3.35. The fraction of sp³-hybridized carbons (Fsp3) is 1.00. The van der Waals surface area contributed by atoms with Crippen molar-refractivity contribution in [1.82, 2.24) is 0 Å². The van der Waals surface area contributed by atoms with Gasteiger partial charge < -0.3 is 5.73 Å². The van der Waals surface area contributed by atoms with Crippen LogP contribution in [0.1, 0.15) is 90.9 Å². The Hall–Kier alpha value is -0.0400. The molecule has 1 aliphatic carbocycles. The van der Waals surface area contributed by atoms with E-state index in [0.29, 0.717) is 0 Å². The molecule has 1 rings (SSSR count). The third kappa shape index (κ3) is 5.90. The van der Waals surface area contributed by atoms with E-state index in [1.807, 2.05) is 0 Å². The highest BCUT2D eigenvalue weighted by Crippen LogP contribution is 2.34. The summed E-state index contributed by atoms with van der Waals surface area (Å²) < 4.78 is 0. The maximum absolute atomic E-state index is 6.60. The third-order valence-corrected chi connectivity index (χ3v) is 4.56. The number of rotatable bonds is 7. The molecule has 2 N–H and O–H groups in total. The first-order chi connectivity index (χ1) is 8.20. The second kappa shape index (κ2) is 8.13. The van der Waals surface area contributed by atoms with Crippen molar-refractivity contribution in [2.75, 3.05) is 0 Å². The predicted octanol–water partition coefficient (Wildman–Crippen LogP) is 5.03. The summed E-state index contributed by atoms with van der Waals surface area (Å²) >= 11 is 0. The van der Waals surface area contributed by atoms with Crippen LogP contribution in [-0.2, 0) is 0 Å². The molecule has 2 atom stereocenters. The van der Waals surface area contributed by atoms with E-state index >= 15 is 0 Å². The van der Waals surface area contributed by atoms with Gasteiger partial charge in [0, 0.05) is 5.54 Å². The molecule has 0 heterocycles. The van der Waals surface area contributed by atoms with Gasteiger partial charge in [-0.25, -0.2) is 0 Å². The highest BCUT2D eigenvalue weighted by Gasteiger charge is 2.28. The maximum Gasteiger partial charge on any atom is 0.0154 e. The Kier molecular flexibility index (Phi) is 7.18. The van der Waals surface area contributed by atoms with Gasteiger partial charge in [-0.05, 0) is 31.6 Å². The Morgan fingerprint density at radius 3 is 2.53 bits per heavy atom. The first-order valence-corrected chi connectivity index (χ1v) is 7.99. The first-order valence-electron chi connectivity index (χ1n) is 7.99. The lowest BCUT2D eigenvalue weighted by Crippen LogP contribution is -2.39. The molecule has 17 heavy (non-hydrogen) atoms. The molecule has 0 spiro atoms. The highest BCUT2D eigenvalue weighted by atomic mass is 14.7. The van der Waals surface area contributed by atoms with Crippen molar-refractivity contribution in [3.8, 4) is 0 Å². The van der Waals surface area contributed by atoms with Crippen LogP contribution in [0.2, 0.25) is 0 Å². The van der Waals surface area contributed by atoms with Crippen LogP contribution < -0.4 is 5.73 Å². The standard InChI is InChI=1S/C16H33N/c1-3-5-6-7-12-16(17)13-8-10-15(9-4-2)11-14-16/h15H,3-14,17H2,1-2H3. The van der Waals surface area contributed by atoms with Crippen molar-refractivity contribution in [1.29, 1.82) is 0 Å². The topological polar surface area (TPSA) is 26.0 Å². The van der Waals surface area contributed by atoms with Gasteiger partial charge in [0.1, 0.15) is 0 Å². The molecule has 1 saturated carbocycles. The SMILES string of the molecule is CCCCCCC1(N)CCCC(CCC)CC1. The van der Waals surface area contributed by atoms with E-state index in [2.05, 4.69) is 13.8 Å². The fourth-order valence-corrected chi connectivity index (χ4v) is 3.35. The average molecular weight is 239 g/mol. The van der Waals surface area contributed by atoms with Crippen molar-refractivity contribution in [3.05, 3.63) is 0 Å². The van der Waals surface area contributed by atoms with Crippen molar-refractivity contribution >= 4 is 0 Å². The smallest absolute Gasteiger partial charge is 0.0154 e. The monoisotopic (exact) mass is 239 g/mol. The molecule has 1 heteroatoms. The van der Waals surface area contributed by atoms with E-state index in [0.717, 1.165) is 5.92 Å². The van der Waals surface area contributed by atoms with Crippen molar-refractivity contribution in [2.45, 2.75) is 96.4 Å². The number of unbranched alkanes of at least 4 members (excludes halogenated alkanes) is 3. The normalized spacial score (nSPS) is 30.2. The first kappa shape index (κ1) is 15.0. The summed E-state index contributed by atoms with van der Waals surface area (Å²) in [6.45, 7) is 4.59. The Bertz CT molecular complexity index is 190. The van der Waals surface area contributed by atoms with Gasteiger partial charge in [-0.15, -0.1) is 0 Å². The molecule has 0 saturated heterocycles. The Morgan fingerprint density at radius 2 is 1.82 bits per heavy atom.